The van der Waals surface area contributed by atoms with Crippen molar-refractivity contribution in [1.29, 1.82) is 0 Å². The van der Waals surface area contributed by atoms with E-state index in [1.165, 1.54) is 0 Å². The predicted octanol–water partition coefficient (Wildman–Crippen LogP) is 1.13. The number of carbonyl (C=O) groups excluding carboxylic acids is 3. The molecule has 0 aliphatic carbocycles. The molecule has 0 spiro atoms. The van der Waals surface area contributed by atoms with Crippen LogP contribution in [-0.4, -0.2) is 58.8 Å². The number of thiophene rings is 1. The van der Waals surface area contributed by atoms with Gasteiger partial charge in [-0.2, -0.15) is 0 Å². The Morgan fingerprint density at radius 3 is 2.43 bits per heavy atom. The van der Waals surface area contributed by atoms with Crippen molar-refractivity contribution >= 4 is 29.2 Å². The van der Waals surface area contributed by atoms with Crippen molar-refractivity contribution in [2.45, 2.75) is 19.3 Å². The first-order valence-corrected chi connectivity index (χ1v) is 7.97. The summed E-state index contributed by atoms with van der Waals surface area (Å²) in [5.74, 6) is -1.39. The lowest BCUT2D eigenvalue weighted by molar-refractivity contribution is -0.143. The van der Waals surface area contributed by atoms with E-state index >= 15 is 0 Å². The van der Waals surface area contributed by atoms with Gasteiger partial charge in [0.05, 0.1) is 6.67 Å². The standard InChI is InChI=1S/C14H17N3O3S/c18-12-13(19)17(10-15-6-1-2-7-15)14(20)16(12)8-5-11-4-3-9-21-11/h3-4,9H,1-2,5-8,10H2. The van der Waals surface area contributed by atoms with E-state index in [4.69, 9.17) is 0 Å². The highest BCUT2D eigenvalue weighted by molar-refractivity contribution is 7.09. The lowest BCUT2D eigenvalue weighted by Crippen LogP contribution is -2.41. The molecule has 0 bridgehead atoms. The van der Waals surface area contributed by atoms with Gasteiger partial charge in [0.1, 0.15) is 0 Å². The Morgan fingerprint density at radius 2 is 1.76 bits per heavy atom. The van der Waals surface area contributed by atoms with Gasteiger partial charge in [0.2, 0.25) is 0 Å². The molecule has 2 aliphatic heterocycles. The number of nitrogens with zero attached hydrogens (tertiary/aromatic N) is 3. The molecular weight excluding hydrogens is 290 g/mol. The third-order valence-electron chi connectivity index (χ3n) is 3.84. The van der Waals surface area contributed by atoms with Crippen LogP contribution in [0.2, 0.25) is 0 Å². The first-order valence-electron chi connectivity index (χ1n) is 7.09. The Balaban J connectivity index is 1.63. The van der Waals surface area contributed by atoms with Gasteiger partial charge in [0, 0.05) is 17.8 Å². The quantitative estimate of drug-likeness (QED) is 0.604. The summed E-state index contributed by atoms with van der Waals surface area (Å²) in [5, 5.41) is 1.95. The number of urea groups is 1. The highest BCUT2D eigenvalue weighted by Gasteiger charge is 2.44. The normalized spacial score (nSPS) is 20.1. The number of hydrogen-bond donors (Lipinski definition) is 0. The second-order valence-electron chi connectivity index (χ2n) is 5.27. The van der Waals surface area contributed by atoms with Gasteiger partial charge in [-0.1, -0.05) is 6.07 Å². The van der Waals surface area contributed by atoms with Crippen LogP contribution in [0.1, 0.15) is 17.7 Å². The fraction of sp³-hybridized carbons (Fsp3) is 0.500. The van der Waals surface area contributed by atoms with Gasteiger partial charge in [-0.25, -0.2) is 9.69 Å². The molecule has 0 aromatic carbocycles. The number of carbonyl (C=O) groups is 3. The second-order valence-corrected chi connectivity index (χ2v) is 6.30. The molecule has 0 unspecified atom stereocenters. The minimum Gasteiger partial charge on any atom is -0.285 e. The molecule has 112 valence electrons. The van der Waals surface area contributed by atoms with E-state index in [9.17, 15) is 14.4 Å². The Morgan fingerprint density at radius 1 is 1.05 bits per heavy atom. The third-order valence-corrected chi connectivity index (χ3v) is 4.77. The van der Waals surface area contributed by atoms with Gasteiger partial charge in [0.15, 0.2) is 0 Å². The first-order chi connectivity index (χ1) is 10.2. The van der Waals surface area contributed by atoms with Crippen LogP contribution >= 0.6 is 11.3 Å². The van der Waals surface area contributed by atoms with Crippen LogP contribution in [0.4, 0.5) is 4.79 Å². The van der Waals surface area contributed by atoms with Crippen LogP contribution in [0.15, 0.2) is 17.5 Å². The highest BCUT2D eigenvalue weighted by Crippen LogP contribution is 2.17. The first kappa shape index (κ1) is 14.2. The number of amides is 4. The van der Waals surface area contributed by atoms with Crippen molar-refractivity contribution in [1.82, 2.24) is 14.7 Å². The fourth-order valence-electron chi connectivity index (χ4n) is 2.67. The molecule has 0 atom stereocenters. The smallest absolute Gasteiger partial charge is 0.285 e. The number of hydrogen-bond acceptors (Lipinski definition) is 5. The van der Waals surface area contributed by atoms with E-state index in [0.29, 0.717) is 6.42 Å². The number of rotatable bonds is 5. The van der Waals surface area contributed by atoms with Crippen molar-refractivity contribution in [2.75, 3.05) is 26.3 Å². The summed E-state index contributed by atoms with van der Waals surface area (Å²) in [6.07, 6.45) is 2.75. The lowest BCUT2D eigenvalue weighted by atomic mass is 10.3. The maximum atomic E-state index is 12.3. The summed E-state index contributed by atoms with van der Waals surface area (Å²) >= 11 is 1.58. The van der Waals surface area contributed by atoms with Crippen LogP contribution in [0.5, 0.6) is 0 Å². The second kappa shape index (κ2) is 5.95. The molecule has 0 radical (unpaired) electrons. The van der Waals surface area contributed by atoms with E-state index in [0.717, 1.165) is 40.6 Å². The summed E-state index contributed by atoms with van der Waals surface area (Å²) in [5.41, 5.74) is 0. The van der Waals surface area contributed by atoms with Crippen molar-refractivity contribution in [3.05, 3.63) is 22.4 Å². The summed E-state index contributed by atoms with van der Waals surface area (Å²) in [7, 11) is 0. The largest absolute Gasteiger partial charge is 0.335 e. The van der Waals surface area contributed by atoms with Crippen LogP contribution in [-0.2, 0) is 16.0 Å². The molecule has 21 heavy (non-hydrogen) atoms. The molecule has 4 amide bonds. The zero-order valence-corrected chi connectivity index (χ0v) is 12.5. The number of imide groups is 2. The summed E-state index contributed by atoms with van der Waals surface area (Å²) < 4.78 is 0. The van der Waals surface area contributed by atoms with Crippen molar-refractivity contribution < 1.29 is 14.4 Å². The Hall–Kier alpha value is -1.73. The van der Waals surface area contributed by atoms with E-state index < -0.39 is 17.8 Å². The molecule has 0 N–H and O–H groups in total. The summed E-state index contributed by atoms with van der Waals surface area (Å²) in [4.78, 5) is 41.5. The van der Waals surface area contributed by atoms with Crippen molar-refractivity contribution in [3.63, 3.8) is 0 Å². The van der Waals surface area contributed by atoms with E-state index in [1.807, 2.05) is 22.4 Å². The van der Waals surface area contributed by atoms with Gasteiger partial charge >= 0.3 is 17.8 Å². The molecule has 1 aromatic heterocycles. The average Bonchev–Trinajstić information content (AvgIpc) is 3.19. The fourth-order valence-corrected chi connectivity index (χ4v) is 3.37. The van der Waals surface area contributed by atoms with Crippen LogP contribution in [0, 0.1) is 0 Å². The molecular formula is C14H17N3O3S. The van der Waals surface area contributed by atoms with Crippen LogP contribution < -0.4 is 0 Å². The molecule has 2 saturated heterocycles. The van der Waals surface area contributed by atoms with Gasteiger partial charge in [0.25, 0.3) is 0 Å². The summed E-state index contributed by atoms with van der Waals surface area (Å²) in [6.45, 7) is 2.25. The maximum Gasteiger partial charge on any atom is 0.335 e. The van der Waals surface area contributed by atoms with Gasteiger partial charge in [-0.3, -0.25) is 19.4 Å². The Bertz CT molecular complexity index is 552. The summed E-state index contributed by atoms with van der Waals surface area (Å²) in [6, 6.07) is 3.41. The van der Waals surface area contributed by atoms with Gasteiger partial charge < -0.3 is 0 Å². The SMILES string of the molecule is O=C1C(=O)N(CN2CCCC2)C(=O)N1CCc1cccs1. The van der Waals surface area contributed by atoms with E-state index in [-0.39, 0.29) is 13.2 Å². The predicted molar refractivity (Wildman–Crippen MR) is 77.7 cm³/mol. The average molecular weight is 307 g/mol. The van der Waals surface area contributed by atoms with E-state index in [2.05, 4.69) is 0 Å². The maximum absolute atomic E-state index is 12.3. The third kappa shape index (κ3) is 2.84. The molecule has 3 rings (SSSR count). The number of likely N-dealkylation sites (tertiary alicyclic amines) is 1. The molecule has 0 saturated carbocycles. The Labute approximate surface area is 126 Å². The zero-order valence-electron chi connectivity index (χ0n) is 11.7. The van der Waals surface area contributed by atoms with E-state index in [1.54, 1.807) is 11.3 Å². The molecule has 6 nitrogen and oxygen atoms in total. The van der Waals surface area contributed by atoms with Crippen molar-refractivity contribution in [2.24, 2.45) is 0 Å². The molecule has 7 heteroatoms. The molecule has 1 aromatic rings. The zero-order chi connectivity index (χ0) is 14.8. The molecule has 2 aliphatic rings. The van der Waals surface area contributed by atoms with Gasteiger partial charge in [-0.05, 0) is 37.4 Å². The van der Waals surface area contributed by atoms with Crippen LogP contribution in [0.25, 0.3) is 0 Å². The molecule has 2 fully saturated rings. The van der Waals surface area contributed by atoms with Gasteiger partial charge in [-0.15, -0.1) is 11.3 Å². The molecule has 3 heterocycles. The van der Waals surface area contributed by atoms with Crippen molar-refractivity contribution in [3.8, 4) is 0 Å². The minimum atomic E-state index is -0.698. The Kier molecular flexibility index (Phi) is 4.03. The van der Waals surface area contributed by atoms with Crippen LogP contribution in [0.3, 0.4) is 0 Å². The topological polar surface area (TPSA) is 60.9 Å². The lowest BCUT2D eigenvalue weighted by Gasteiger charge is -2.21. The highest BCUT2D eigenvalue weighted by atomic mass is 32.1. The monoisotopic (exact) mass is 307 g/mol. The minimum absolute atomic E-state index is 0.235.